The van der Waals surface area contributed by atoms with Crippen LogP contribution in [0.3, 0.4) is 0 Å². The van der Waals surface area contributed by atoms with Crippen LogP contribution in [0.15, 0.2) is 54.6 Å². The molecule has 26 heavy (non-hydrogen) atoms. The van der Waals surface area contributed by atoms with E-state index >= 15 is 0 Å². The number of halogens is 1. The van der Waals surface area contributed by atoms with Gasteiger partial charge in [0.25, 0.3) is 0 Å². The molecule has 1 saturated carbocycles. The van der Waals surface area contributed by atoms with Gasteiger partial charge in [-0.05, 0) is 44.0 Å². The van der Waals surface area contributed by atoms with Crippen LogP contribution in [0.5, 0.6) is 0 Å². The van der Waals surface area contributed by atoms with E-state index in [2.05, 4.69) is 5.32 Å². The topological polar surface area (TPSA) is 49.4 Å². The second kappa shape index (κ2) is 7.68. The lowest BCUT2D eigenvalue weighted by atomic mass is 10.1. The summed E-state index contributed by atoms with van der Waals surface area (Å²) in [5.41, 5.74) is 1.48. The van der Waals surface area contributed by atoms with Gasteiger partial charge in [0, 0.05) is 18.3 Å². The smallest absolute Gasteiger partial charge is 0.228 e. The molecule has 0 spiro atoms. The molecular formula is C21H23FN2O2. The summed E-state index contributed by atoms with van der Waals surface area (Å²) >= 11 is 0. The van der Waals surface area contributed by atoms with Crippen LogP contribution in [0.25, 0.3) is 0 Å². The first-order valence-electron chi connectivity index (χ1n) is 8.86. The number of nitrogens with one attached hydrogen (secondary N) is 1. The summed E-state index contributed by atoms with van der Waals surface area (Å²) in [6.07, 6.45) is 0.540. The molecule has 2 atom stereocenters. The van der Waals surface area contributed by atoms with Gasteiger partial charge in [0.15, 0.2) is 0 Å². The first-order chi connectivity index (χ1) is 12.5. The van der Waals surface area contributed by atoms with Gasteiger partial charge in [0.05, 0.1) is 11.8 Å². The Morgan fingerprint density at radius 3 is 2.50 bits per heavy atom. The van der Waals surface area contributed by atoms with E-state index in [4.69, 9.17) is 0 Å². The lowest BCUT2D eigenvalue weighted by molar-refractivity contribution is -0.136. The van der Waals surface area contributed by atoms with Crippen molar-refractivity contribution in [3.8, 4) is 0 Å². The molecule has 2 aromatic carbocycles. The molecule has 3 rings (SSSR count). The van der Waals surface area contributed by atoms with Gasteiger partial charge in [-0.2, -0.15) is 0 Å². The molecule has 136 valence electrons. The number of amides is 2. The average Bonchev–Trinajstić information content (AvgIpc) is 3.41. The molecule has 0 aromatic heterocycles. The van der Waals surface area contributed by atoms with Crippen LogP contribution in [0.4, 0.5) is 10.1 Å². The number of nitrogens with zero attached hydrogens (tertiary/aromatic N) is 1. The third-order valence-electron chi connectivity index (χ3n) is 4.64. The molecule has 1 N–H and O–H groups in total. The molecule has 2 aromatic rings. The van der Waals surface area contributed by atoms with Crippen LogP contribution in [0.2, 0.25) is 0 Å². The molecular weight excluding hydrogens is 331 g/mol. The Balaban J connectivity index is 1.61. The van der Waals surface area contributed by atoms with Crippen molar-refractivity contribution in [1.29, 1.82) is 0 Å². The number of hydrogen-bond acceptors (Lipinski definition) is 2. The minimum absolute atomic E-state index is 0.00300. The van der Waals surface area contributed by atoms with Gasteiger partial charge in [-0.1, -0.05) is 36.4 Å². The number of carbonyl (C=O) groups excluding carboxylic acids is 2. The van der Waals surface area contributed by atoms with E-state index in [-0.39, 0.29) is 29.7 Å². The summed E-state index contributed by atoms with van der Waals surface area (Å²) in [5, 5.41) is 2.70. The molecule has 0 radical (unpaired) electrons. The highest BCUT2D eigenvalue weighted by Crippen LogP contribution is 2.41. The molecule has 4 nitrogen and oxygen atoms in total. The number of benzene rings is 2. The zero-order chi connectivity index (χ0) is 18.7. The summed E-state index contributed by atoms with van der Waals surface area (Å²) in [7, 11) is 0. The van der Waals surface area contributed by atoms with E-state index in [0.717, 1.165) is 5.56 Å². The predicted molar refractivity (Wildman–Crippen MR) is 98.8 cm³/mol. The van der Waals surface area contributed by atoms with Crippen LogP contribution in [-0.2, 0) is 16.1 Å². The zero-order valence-electron chi connectivity index (χ0n) is 15.0. The summed E-state index contributed by atoms with van der Waals surface area (Å²) in [6.45, 7) is 4.49. The minimum atomic E-state index is -0.403. The number of anilines is 1. The summed E-state index contributed by atoms with van der Waals surface area (Å²) < 4.78 is 13.2. The fourth-order valence-corrected chi connectivity index (χ4v) is 3.07. The highest BCUT2D eigenvalue weighted by molar-refractivity contribution is 5.99. The maximum absolute atomic E-state index is 13.2. The number of hydrogen-bond donors (Lipinski definition) is 1. The fourth-order valence-electron chi connectivity index (χ4n) is 3.07. The molecule has 1 fully saturated rings. The van der Waals surface area contributed by atoms with Gasteiger partial charge in [0.1, 0.15) is 5.82 Å². The van der Waals surface area contributed by atoms with Crippen LogP contribution in [0.1, 0.15) is 25.8 Å². The highest BCUT2D eigenvalue weighted by Gasteiger charge is 2.49. The maximum atomic E-state index is 13.2. The van der Waals surface area contributed by atoms with Gasteiger partial charge >= 0.3 is 0 Å². The first-order valence-corrected chi connectivity index (χ1v) is 8.86. The molecule has 0 bridgehead atoms. The Morgan fingerprint density at radius 2 is 1.85 bits per heavy atom. The lowest BCUT2D eigenvalue weighted by Gasteiger charge is -2.27. The van der Waals surface area contributed by atoms with Crippen LogP contribution in [-0.4, -0.2) is 22.8 Å². The van der Waals surface area contributed by atoms with Gasteiger partial charge < -0.3 is 10.2 Å². The third-order valence-corrected chi connectivity index (χ3v) is 4.64. The Kier molecular flexibility index (Phi) is 5.35. The maximum Gasteiger partial charge on any atom is 0.228 e. The lowest BCUT2D eigenvalue weighted by Crippen LogP contribution is -2.38. The van der Waals surface area contributed by atoms with E-state index in [1.54, 1.807) is 12.1 Å². The second-order valence-corrected chi connectivity index (χ2v) is 6.99. The molecule has 1 aliphatic rings. The van der Waals surface area contributed by atoms with Gasteiger partial charge in [-0.15, -0.1) is 0 Å². The van der Waals surface area contributed by atoms with Crippen molar-refractivity contribution in [2.45, 2.75) is 32.9 Å². The highest BCUT2D eigenvalue weighted by atomic mass is 19.1. The molecule has 5 heteroatoms. The van der Waals surface area contributed by atoms with Crippen molar-refractivity contribution in [3.05, 3.63) is 66.0 Å². The van der Waals surface area contributed by atoms with Gasteiger partial charge in [-0.3, -0.25) is 9.59 Å². The quantitative estimate of drug-likeness (QED) is 0.857. The Hall–Kier alpha value is -2.69. The molecule has 0 saturated heterocycles. The van der Waals surface area contributed by atoms with Crippen molar-refractivity contribution < 1.29 is 14.0 Å². The van der Waals surface area contributed by atoms with Gasteiger partial charge in [0.2, 0.25) is 11.8 Å². The van der Waals surface area contributed by atoms with Crippen molar-refractivity contribution in [1.82, 2.24) is 4.90 Å². The number of rotatable bonds is 6. The summed E-state index contributed by atoms with van der Waals surface area (Å²) in [5.74, 6) is -1.27. The van der Waals surface area contributed by atoms with E-state index in [9.17, 15) is 14.0 Å². The van der Waals surface area contributed by atoms with E-state index < -0.39 is 5.82 Å². The monoisotopic (exact) mass is 354 g/mol. The largest absolute Gasteiger partial charge is 0.336 e. The minimum Gasteiger partial charge on any atom is -0.336 e. The molecule has 2 unspecified atom stereocenters. The van der Waals surface area contributed by atoms with E-state index in [1.807, 2.05) is 49.1 Å². The standard InChI is InChI=1S/C21H23FN2O2/c1-14(2)24(13-15-7-4-3-5-8-15)21(26)19-12-18(19)20(25)23-17-10-6-9-16(22)11-17/h3-11,14,18-19H,12-13H2,1-2H3,(H,23,25). The van der Waals surface area contributed by atoms with Crippen molar-refractivity contribution in [2.75, 3.05) is 5.32 Å². The third kappa shape index (κ3) is 4.28. The molecule has 2 amide bonds. The Labute approximate surface area is 153 Å². The van der Waals surface area contributed by atoms with E-state index in [0.29, 0.717) is 18.7 Å². The summed E-state index contributed by atoms with van der Waals surface area (Å²) in [6, 6.07) is 15.6. The first kappa shape index (κ1) is 18.1. The van der Waals surface area contributed by atoms with Crippen molar-refractivity contribution in [2.24, 2.45) is 11.8 Å². The molecule has 0 aliphatic heterocycles. The Bertz CT molecular complexity index is 792. The van der Waals surface area contributed by atoms with Crippen LogP contribution in [0, 0.1) is 17.7 Å². The molecule has 0 heterocycles. The fraction of sp³-hybridized carbons (Fsp3) is 0.333. The van der Waals surface area contributed by atoms with Crippen molar-refractivity contribution >= 4 is 17.5 Å². The molecule has 1 aliphatic carbocycles. The van der Waals surface area contributed by atoms with E-state index in [1.165, 1.54) is 12.1 Å². The SMILES string of the molecule is CC(C)N(Cc1ccccc1)C(=O)C1CC1C(=O)Nc1cccc(F)c1. The normalized spacial score (nSPS) is 18.5. The van der Waals surface area contributed by atoms with Crippen molar-refractivity contribution in [3.63, 3.8) is 0 Å². The summed E-state index contributed by atoms with van der Waals surface area (Å²) in [4.78, 5) is 27.0. The second-order valence-electron chi connectivity index (χ2n) is 6.99. The zero-order valence-corrected chi connectivity index (χ0v) is 15.0. The van der Waals surface area contributed by atoms with Crippen LogP contribution < -0.4 is 5.32 Å². The Morgan fingerprint density at radius 1 is 1.12 bits per heavy atom. The predicted octanol–water partition coefficient (Wildman–Crippen LogP) is 3.84. The number of carbonyl (C=O) groups is 2. The van der Waals surface area contributed by atoms with Gasteiger partial charge in [-0.25, -0.2) is 4.39 Å². The van der Waals surface area contributed by atoms with Crippen LogP contribution >= 0.6 is 0 Å². The average molecular weight is 354 g/mol.